The first-order chi connectivity index (χ1) is 8.28. The molecular formula is C14H19NO3. The first-order valence-electron chi connectivity index (χ1n) is 5.83. The van der Waals surface area contributed by atoms with Gasteiger partial charge in [0, 0.05) is 11.1 Å². The van der Waals surface area contributed by atoms with Crippen molar-refractivity contribution in [2.24, 2.45) is 0 Å². The normalized spacial score (nSPS) is 10.9. The Kier molecular flexibility index (Phi) is 4.48. The summed E-state index contributed by atoms with van der Waals surface area (Å²) in [6.07, 6.45) is 0. The second-order valence-corrected chi connectivity index (χ2v) is 5.17. The summed E-state index contributed by atoms with van der Waals surface area (Å²) in [4.78, 5) is 22.6. The number of carbonyl (C=O) groups is 2. The van der Waals surface area contributed by atoms with E-state index in [0.29, 0.717) is 11.3 Å². The van der Waals surface area contributed by atoms with Crippen LogP contribution in [-0.2, 0) is 4.79 Å². The van der Waals surface area contributed by atoms with Crippen LogP contribution >= 0.6 is 0 Å². The van der Waals surface area contributed by atoms with Crippen molar-refractivity contribution in [2.45, 2.75) is 33.2 Å². The summed E-state index contributed by atoms with van der Waals surface area (Å²) in [5, 5.41) is 2.80. The minimum Gasteiger partial charge on any atom is -0.484 e. The smallest absolute Gasteiger partial charge is 0.258 e. The molecule has 0 aliphatic rings. The van der Waals surface area contributed by atoms with Crippen molar-refractivity contribution in [3.05, 3.63) is 29.8 Å². The lowest BCUT2D eigenvalue weighted by Gasteiger charge is -2.20. The van der Waals surface area contributed by atoms with Gasteiger partial charge in [-0.3, -0.25) is 9.59 Å². The van der Waals surface area contributed by atoms with Crippen LogP contribution < -0.4 is 10.1 Å². The van der Waals surface area contributed by atoms with Gasteiger partial charge in [0.1, 0.15) is 5.75 Å². The minimum atomic E-state index is -0.265. The molecule has 0 bridgehead atoms. The molecule has 0 atom stereocenters. The van der Waals surface area contributed by atoms with Crippen LogP contribution in [0, 0.1) is 0 Å². The van der Waals surface area contributed by atoms with Gasteiger partial charge in [0.15, 0.2) is 12.4 Å². The van der Waals surface area contributed by atoms with E-state index in [1.54, 1.807) is 24.3 Å². The van der Waals surface area contributed by atoms with Crippen LogP contribution in [0.3, 0.4) is 0 Å². The molecular weight excluding hydrogens is 230 g/mol. The molecule has 1 amide bonds. The maximum absolute atomic E-state index is 11.5. The van der Waals surface area contributed by atoms with Crippen molar-refractivity contribution in [3.63, 3.8) is 0 Å². The molecule has 1 N–H and O–H groups in total. The Morgan fingerprint density at radius 2 is 1.72 bits per heavy atom. The Labute approximate surface area is 107 Å². The Morgan fingerprint density at radius 3 is 2.17 bits per heavy atom. The van der Waals surface area contributed by atoms with Crippen LogP contribution in [0.15, 0.2) is 24.3 Å². The monoisotopic (exact) mass is 249 g/mol. The molecule has 4 nitrogen and oxygen atoms in total. The number of ether oxygens (including phenoxy) is 1. The lowest BCUT2D eigenvalue weighted by Crippen LogP contribution is -2.43. The van der Waals surface area contributed by atoms with Crippen molar-refractivity contribution in [1.29, 1.82) is 0 Å². The summed E-state index contributed by atoms with van der Waals surface area (Å²) >= 11 is 0. The standard InChI is InChI=1S/C14H19NO3/c1-10(16)11-5-7-12(8-6-11)18-9-13(17)15-14(2,3)4/h5-8H,9H2,1-4H3,(H,15,17). The van der Waals surface area contributed by atoms with Gasteiger partial charge in [-0.05, 0) is 52.0 Å². The highest BCUT2D eigenvalue weighted by atomic mass is 16.5. The van der Waals surface area contributed by atoms with Crippen LogP contribution in [0.1, 0.15) is 38.1 Å². The van der Waals surface area contributed by atoms with Gasteiger partial charge in [-0.1, -0.05) is 0 Å². The summed E-state index contributed by atoms with van der Waals surface area (Å²) in [6, 6.07) is 6.72. The molecule has 0 heterocycles. The first kappa shape index (κ1) is 14.2. The Hall–Kier alpha value is -1.84. The zero-order valence-corrected chi connectivity index (χ0v) is 11.2. The summed E-state index contributed by atoms with van der Waals surface area (Å²) in [5.41, 5.74) is 0.361. The largest absolute Gasteiger partial charge is 0.484 e. The predicted molar refractivity (Wildman–Crippen MR) is 69.8 cm³/mol. The van der Waals surface area contributed by atoms with E-state index in [4.69, 9.17) is 4.74 Å². The highest BCUT2D eigenvalue weighted by Gasteiger charge is 2.13. The van der Waals surface area contributed by atoms with Crippen molar-refractivity contribution in [3.8, 4) is 5.75 Å². The van der Waals surface area contributed by atoms with Gasteiger partial charge in [0.2, 0.25) is 0 Å². The Balaban J connectivity index is 2.49. The van der Waals surface area contributed by atoms with E-state index in [2.05, 4.69) is 5.32 Å². The first-order valence-corrected chi connectivity index (χ1v) is 5.83. The minimum absolute atomic E-state index is 0.00651. The molecule has 4 heteroatoms. The number of hydrogen-bond acceptors (Lipinski definition) is 3. The van der Waals surface area contributed by atoms with Gasteiger partial charge >= 0.3 is 0 Å². The zero-order chi connectivity index (χ0) is 13.8. The molecule has 1 aromatic rings. The number of nitrogens with one attached hydrogen (secondary N) is 1. The number of amides is 1. The summed E-state index contributed by atoms with van der Waals surface area (Å²) in [7, 11) is 0. The Bertz CT molecular complexity index is 429. The second kappa shape index (κ2) is 5.67. The molecule has 0 aromatic heterocycles. The van der Waals surface area contributed by atoms with Crippen LogP contribution in [0.2, 0.25) is 0 Å². The highest BCUT2D eigenvalue weighted by molar-refractivity contribution is 5.94. The van der Waals surface area contributed by atoms with E-state index in [-0.39, 0.29) is 23.8 Å². The number of ketones is 1. The van der Waals surface area contributed by atoms with Crippen LogP contribution in [0.25, 0.3) is 0 Å². The van der Waals surface area contributed by atoms with Crippen molar-refractivity contribution < 1.29 is 14.3 Å². The molecule has 0 saturated heterocycles. The van der Waals surface area contributed by atoms with E-state index in [0.717, 1.165) is 0 Å². The van der Waals surface area contributed by atoms with Gasteiger partial charge in [-0.15, -0.1) is 0 Å². The fourth-order valence-electron chi connectivity index (χ4n) is 1.39. The molecule has 0 spiro atoms. The third-order valence-corrected chi connectivity index (χ3v) is 2.15. The lowest BCUT2D eigenvalue weighted by atomic mass is 10.1. The van der Waals surface area contributed by atoms with E-state index in [1.165, 1.54) is 6.92 Å². The summed E-state index contributed by atoms with van der Waals surface area (Å²) in [5.74, 6) is 0.411. The van der Waals surface area contributed by atoms with Crippen molar-refractivity contribution in [2.75, 3.05) is 6.61 Å². The average Bonchev–Trinajstić information content (AvgIpc) is 2.24. The van der Waals surface area contributed by atoms with Crippen LogP contribution in [0.4, 0.5) is 0 Å². The molecule has 0 aliphatic heterocycles. The fourth-order valence-corrected chi connectivity index (χ4v) is 1.39. The molecule has 0 fully saturated rings. The van der Waals surface area contributed by atoms with Gasteiger partial charge in [0.25, 0.3) is 5.91 Å². The number of Topliss-reactive ketones (excluding diaryl/α,β-unsaturated/α-hetero) is 1. The van der Waals surface area contributed by atoms with Crippen molar-refractivity contribution in [1.82, 2.24) is 5.32 Å². The maximum Gasteiger partial charge on any atom is 0.258 e. The maximum atomic E-state index is 11.5. The lowest BCUT2D eigenvalue weighted by molar-refractivity contribution is -0.124. The molecule has 0 unspecified atom stereocenters. The molecule has 1 rings (SSSR count). The van der Waals surface area contributed by atoms with E-state index in [1.807, 2.05) is 20.8 Å². The topological polar surface area (TPSA) is 55.4 Å². The third-order valence-electron chi connectivity index (χ3n) is 2.15. The number of benzene rings is 1. The number of rotatable bonds is 4. The fraction of sp³-hybridized carbons (Fsp3) is 0.429. The van der Waals surface area contributed by atoms with E-state index < -0.39 is 0 Å². The molecule has 0 saturated carbocycles. The SMILES string of the molecule is CC(=O)c1ccc(OCC(=O)NC(C)(C)C)cc1. The van der Waals surface area contributed by atoms with E-state index >= 15 is 0 Å². The molecule has 0 radical (unpaired) electrons. The van der Waals surface area contributed by atoms with Gasteiger partial charge in [-0.2, -0.15) is 0 Å². The number of hydrogen-bond donors (Lipinski definition) is 1. The zero-order valence-electron chi connectivity index (χ0n) is 11.2. The van der Waals surface area contributed by atoms with Gasteiger partial charge in [0.05, 0.1) is 0 Å². The van der Waals surface area contributed by atoms with Gasteiger partial charge < -0.3 is 10.1 Å². The molecule has 0 aliphatic carbocycles. The van der Waals surface area contributed by atoms with Crippen molar-refractivity contribution >= 4 is 11.7 Å². The summed E-state index contributed by atoms with van der Waals surface area (Å²) < 4.78 is 5.33. The third kappa shape index (κ3) is 4.99. The quantitative estimate of drug-likeness (QED) is 0.832. The molecule has 98 valence electrons. The predicted octanol–water partition coefficient (Wildman–Crippen LogP) is 2.18. The van der Waals surface area contributed by atoms with Crippen LogP contribution in [0.5, 0.6) is 5.75 Å². The number of carbonyl (C=O) groups excluding carboxylic acids is 2. The molecule has 18 heavy (non-hydrogen) atoms. The van der Waals surface area contributed by atoms with Crippen LogP contribution in [-0.4, -0.2) is 23.8 Å². The molecule has 1 aromatic carbocycles. The van der Waals surface area contributed by atoms with E-state index in [9.17, 15) is 9.59 Å². The second-order valence-electron chi connectivity index (χ2n) is 5.17. The summed E-state index contributed by atoms with van der Waals surface area (Å²) in [6.45, 7) is 7.20. The highest BCUT2D eigenvalue weighted by Crippen LogP contribution is 2.12. The average molecular weight is 249 g/mol. The van der Waals surface area contributed by atoms with Gasteiger partial charge in [-0.25, -0.2) is 0 Å². The Morgan fingerprint density at radius 1 is 1.17 bits per heavy atom.